The highest BCUT2D eigenvalue weighted by atomic mass is 32.2. The summed E-state index contributed by atoms with van der Waals surface area (Å²) in [6, 6.07) is 24.6. The van der Waals surface area contributed by atoms with Gasteiger partial charge in [-0.3, -0.25) is 0 Å². The van der Waals surface area contributed by atoms with Crippen LogP contribution in [0.2, 0.25) is 0 Å². The minimum absolute atomic E-state index is 0.332. The number of rotatable bonds is 8. The minimum atomic E-state index is -0.944. The quantitative estimate of drug-likeness (QED) is 0.471. The van der Waals surface area contributed by atoms with Crippen LogP contribution in [0.4, 0.5) is 0 Å². The smallest absolute Gasteiger partial charge is 0.333 e. The van der Waals surface area contributed by atoms with E-state index in [1.54, 1.807) is 6.92 Å². The molecule has 0 aromatic heterocycles. The number of carboxylic acids is 1. The van der Waals surface area contributed by atoms with E-state index in [9.17, 15) is 9.90 Å². The molecule has 1 aliphatic heterocycles. The highest BCUT2D eigenvalue weighted by Crippen LogP contribution is 2.39. The average molecular weight is 447 g/mol. The number of carbonyl (C=O) groups is 1. The van der Waals surface area contributed by atoms with Crippen molar-refractivity contribution in [1.29, 1.82) is 0 Å². The summed E-state index contributed by atoms with van der Waals surface area (Å²) < 4.78 is 11.3. The molecule has 1 aliphatic rings. The molecule has 0 saturated carbocycles. The summed E-state index contributed by atoms with van der Waals surface area (Å²) in [6.45, 7) is 2.61. The summed E-state index contributed by atoms with van der Waals surface area (Å²) in [6.07, 6.45) is 1.65. The molecule has 4 nitrogen and oxygen atoms in total. The Morgan fingerprint density at radius 2 is 1.75 bits per heavy atom. The zero-order chi connectivity index (χ0) is 22.3. The Labute approximate surface area is 192 Å². The topological polar surface area (TPSA) is 55.8 Å². The molecule has 0 fully saturated rings. The molecular weight excluding hydrogens is 420 g/mol. The Hall–Kier alpha value is -3.02. The normalized spacial score (nSPS) is 14.8. The standard InChI is InChI=1S/C27H26O4S/c1-2-30-25(27(28)29)17-19-11-13-21(14-12-19)31-16-15-23-22-8-4-3-7-20(22)18-32-26-10-6-5-9-24(23)26/h3-15,25H,2,16-18H2,1H3,(H,28,29)/b23-15-. The van der Waals surface area contributed by atoms with E-state index in [2.05, 4.69) is 54.6 Å². The van der Waals surface area contributed by atoms with Gasteiger partial charge in [0.15, 0.2) is 6.10 Å². The number of aliphatic carboxylic acids is 1. The molecule has 1 N–H and O–H groups in total. The van der Waals surface area contributed by atoms with Gasteiger partial charge in [0.2, 0.25) is 0 Å². The van der Waals surface area contributed by atoms with Gasteiger partial charge in [-0.2, -0.15) is 0 Å². The van der Waals surface area contributed by atoms with Crippen molar-refractivity contribution < 1.29 is 19.4 Å². The molecule has 4 rings (SSSR count). The van der Waals surface area contributed by atoms with Crippen molar-refractivity contribution in [3.63, 3.8) is 0 Å². The molecule has 3 aromatic rings. The second-order valence-corrected chi connectivity index (χ2v) is 8.52. The van der Waals surface area contributed by atoms with Crippen LogP contribution in [0, 0.1) is 0 Å². The van der Waals surface area contributed by atoms with Crippen LogP contribution >= 0.6 is 11.8 Å². The monoisotopic (exact) mass is 446 g/mol. The molecule has 0 bridgehead atoms. The van der Waals surface area contributed by atoms with Gasteiger partial charge in [-0.25, -0.2) is 4.79 Å². The highest BCUT2D eigenvalue weighted by molar-refractivity contribution is 7.98. The van der Waals surface area contributed by atoms with Gasteiger partial charge in [-0.1, -0.05) is 54.6 Å². The molecular formula is C27H26O4S. The molecule has 1 unspecified atom stereocenters. The fraction of sp³-hybridized carbons (Fsp3) is 0.222. The molecule has 1 atom stereocenters. The SMILES string of the molecule is CCOC(Cc1ccc(OC/C=C2/c3ccccc3CSc3ccccc32)cc1)C(=O)O. The molecule has 3 aromatic carbocycles. The lowest BCUT2D eigenvalue weighted by Gasteiger charge is -2.13. The van der Waals surface area contributed by atoms with Gasteiger partial charge in [0.05, 0.1) is 0 Å². The Kier molecular flexibility index (Phi) is 7.30. The van der Waals surface area contributed by atoms with Gasteiger partial charge in [0.1, 0.15) is 12.4 Å². The Bertz CT molecular complexity index is 1060. The van der Waals surface area contributed by atoms with Crippen molar-refractivity contribution in [1.82, 2.24) is 0 Å². The van der Waals surface area contributed by atoms with Crippen LogP contribution in [0.3, 0.4) is 0 Å². The van der Waals surface area contributed by atoms with Crippen molar-refractivity contribution in [2.24, 2.45) is 0 Å². The number of ether oxygens (including phenoxy) is 2. The molecule has 0 saturated heterocycles. The molecule has 5 heteroatoms. The van der Waals surface area contributed by atoms with E-state index in [0.29, 0.717) is 19.6 Å². The summed E-state index contributed by atoms with van der Waals surface area (Å²) in [7, 11) is 0. The second kappa shape index (κ2) is 10.5. The predicted octanol–water partition coefficient (Wildman–Crippen LogP) is 5.84. The third-order valence-electron chi connectivity index (χ3n) is 5.39. The van der Waals surface area contributed by atoms with Crippen molar-refractivity contribution >= 4 is 23.3 Å². The largest absolute Gasteiger partial charge is 0.490 e. The first kappa shape index (κ1) is 22.2. The predicted molar refractivity (Wildman–Crippen MR) is 128 cm³/mol. The fourth-order valence-corrected chi connectivity index (χ4v) is 4.89. The minimum Gasteiger partial charge on any atom is -0.490 e. The first-order valence-electron chi connectivity index (χ1n) is 10.7. The second-order valence-electron chi connectivity index (χ2n) is 7.50. The molecule has 0 amide bonds. The van der Waals surface area contributed by atoms with E-state index >= 15 is 0 Å². The van der Waals surface area contributed by atoms with Crippen LogP contribution in [-0.4, -0.2) is 30.4 Å². The van der Waals surface area contributed by atoms with Gasteiger partial charge < -0.3 is 14.6 Å². The van der Waals surface area contributed by atoms with Crippen LogP contribution in [0.5, 0.6) is 5.75 Å². The maximum atomic E-state index is 11.3. The van der Waals surface area contributed by atoms with E-state index in [1.807, 2.05) is 36.0 Å². The third-order valence-corrected chi connectivity index (χ3v) is 6.52. The third kappa shape index (κ3) is 5.23. The Morgan fingerprint density at radius 1 is 1.03 bits per heavy atom. The van der Waals surface area contributed by atoms with Crippen LogP contribution in [0.1, 0.15) is 29.2 Å². The lowest BCUT2D eigenvalue weighted by atomic mass is 9.94. The molecule has 164 valence electrons. The van der Waals surface area contributed by atoms with Crippen LogP contribution in [0.15, 0.2) is 83.8 Å². The molecule has 0 radical (unpaired) electrons. The van der Waals surface area contributed by atoms with E-state index < -0.39 is 12.1 Å². The lowest BCUT2D eigenvalue weighted by Crippen LogP contribution is -2.26. The van der Waals surface area contributed by atoms with Crippen molar-refractivity contribution in [3.8, 4) is 5.75 Å². The van der Waals surface area contributed by atoms with E-state index in [-0.39, 0.29) is 0 Å². The zero-order valence-electron chi connectivity index (χ0n) is 18.0. The maximum absolute atomic E-state index is 11.3. The summed E-state index contributed by atoms with van der Waals surface area (Å²) >= 11 is 1.86. The van der Waals surface area contributed by atoms with E-state index in [1.165, 1.54) is 27.2 Å². The number of carboxylic acid groups (broad SMARTS) is 1. The van der Waals surface area contributed by atoms with Crippen LogP contribution in [0.25, 0.3) is 5.57 Å². The molecule has 0 spiro atoms. The Morgan fingerprint density at radius 3 is 2.50 bits per heavy atom. The van der Waals surface area contributed by atoms with E-state index in [0.717, 1.165) is 17.1 Å². The lowest BCUT2D eigenvalue weighted by molar-refractivity contribution is -0.149. The highest BCUT2D eigenvalue weighted by Gasteiger charge is 2.19. The van der Waals surface area contributed by atoms with Crippen LogP contribution < -0.4 is 4.74 Å². The summed E-state index contributed by atoms with van der Waals surface area (Å²) in [5, 5.41) is 9.26. The van der Waals surface area contributed by atoms with Gasteiger partial charge in [0, 0.05) is 23.7 Å². The molecule has 0 aliphatic carbocycles. The number of hydrogen-bond acceptors (Lipinski definition) is 4. The number of hydrogen-bond donors (Lipinski definition) is 1. The molecule has 1 heterocycles. The number of benzene rings is 3. The number of fused-ring (bicyclic) bond motifs is 2. The van der Waals surface area contributed by atoms with Crippen molar-refractivity contribution in [3.05, 3.63) is 101 Å². The summed E-state index contributed by atoms with van der Waals surface area (Å²) in [5.74, 6) is 0.755. The van der Waals surface area contributed by atoms with Gasteiger partial charge in [0.25, 0.3) is 0 Å². The average Bonchev–Trinajstić information content (AvgIpc) is 2.97. The number of thioether (sulfide) groups is 1. The first-order chi connectivity index (χ1) is 15.7. The first-order valence-corrected chi connectivity index (χ1v) is 11.7. The van der Waals surface area contributed by atoms with Gasteiger partial charge in [-0.15, -0.1) is 11.8 Å². The van der Waals surface area contributed by atoms with Crippen LogP contribution in [-0.2, 0) is 21.7 Å². The Balaban J connectivity index is 1.49. The molecule has 32 heavy (non-hydrogen) atoms. The summed E-state index contributed by atoms with van der Waals surface area (Å²) in [5.41, 5.74) is 5.90. The van der Waals surface area contributed by atoms with Gasteiger partial charge in [-0.05, 0) is 59.0 Å². The van der Waals surface area contributed by atoms with Crippen molar-refractivity contribution in [2.75, 3.05) is 13.2 Å². The maximum Gasteiger partial charge on any atom is 0.333 e. The van der Waals surface area contributed by atoms with E-state index in [4.69, 9.17) is 9.47 Å². The summed E-state index contributed by atoms with van der Waals surface area (Å²) in [4.78, 5) is 12.6. The van der Waals surface area contributed by atoms with Gasteiger partial charge >= 0.3 is 5.97 Å². The van der Waals surface area contributed by atoms with Crippen molar-refractivity contribution in [2.45, 2.75) is 30.1 Å². The zero-order valence-corrected chi connectivity index (χ0v) is 18.8. The fourth-order valence-electron chi connectivity index (χ4n) is 3.82.